The Morgan fingerprint density at radius 3 is 2.48 bits per heavy atom. The molecule has 0 fully saturated rings. The number of ether oxygens (including phenoxy) is 2. The number of carbonyl (C=O) groups is 1. The van der Waals surface area contributed by atoms with Crippen LogP contribution in [0.2, 0.25) is 0 Å². The summed E-state index contributed by atoms with van der Waals surface area (Å²) in [5.74, 6) is -3.03. The molecular weight excluding hydrogens is 387 g/mol. The number of esters is 1. The number of hydrogen-bond acceptors (Lipinski definition) is 4. The predicted molar refractivity (Wildman–Crippen MR) is 99.2 cm³/mol. The second kappa shape index (κ2) is 8.22. The van der Waals surface area contributed by atoms with Crippen LogP contribution in [0.5, 0.6) is 5.75 Å². The molecule has 1 aromatic heterocycles. The molecule has 1 heterocycles. The summed E-state index contributed by atoms with van der Waals surface area (Å²) in [5, 5.41) is 0. The first-order valence-corrected chi connectivity index (χ1v) is 8.49. The van der Waals surface area contributed by atoms with Gasteiger partial charge in [-0.15, -0.1) is 0 Å². The van der Waals surface area contributed by atoms with Crippen molar-refractivity contribution < 1.29 is 27.4 Å². The van der Waals surface area contributed by atoms with Crippen molar-refractivity contribution in [3.8, 4) is 16.9 Å². The monoisotopic (exact) mass is 403 g/mol. The number of rotatable bonds is 5. The van der Waals surface area contributed by atoms with Crippen molar-refractivity contribution in [1.82, 2.24) is 4.98 Å². The number of halogens is 3. The summed E-state index contributed by atoms with van der Waals surface area (Å²) in [6.07, 6.45) is 0. The summed E-state index contributed by atoms with van der Waals surface area (Å²) in [6.45, 7) is 1.28. The Balaban J connectivity index is 2.06. The van der Waals surface area contributed by atoms with Gasteiger partial charge in [0, 0.05) is 29.0 Å². The maximum absolute atomic E-state index is 14.5. The van der Waals surface area contributed by atoms with E-state index in [0.717, 1.165) is 12.1 Å². The van der Waals surface area contributed by atoms with Crippen LogP contribution in [0.4, 0.5) is 13.2 Å². The van der Waals surface area contributed by atoms with Gasteiger partial charge < -0.3 is 14.5 Å². The van der Waals surface area contributed by atoms with E-state index < -0.39 is 29.0 Å². The third-order valence-electron chi connectivity index (χ3n) is 4.19. The first kappa shape index (κ1) is 20.2. The average Bonchev–Trinajstić information content (AvgIpc) is 2.67. The molecule has 0 saturated heterocycles. The molecule has 0 saturated carbocycles. The van der Waals surface area contributed by atoms with Gasteiger partial charge in [-0.3, -0.25) is 4.79 Å². The lowest BCUT2D eigenvalue weighted by Gasteiger charge is -2.14. The summed E-state index contributed by atoms with van der Waals surface area (Å²) in [4.78, 5) is 26.9. The van der Waals surface area contributed by atoms with Gasteiger partial charge in [-0.1, -0.05) is 0 Å². The van der Waals surface area contributed by atoms with Gasteiger partial charge in [0.2, 0.25) is 0 Å². The normalized spacial score (nSPS) is 10.7. The molecule has 0 aliphatic rings. The van der Waals surface area contributed by atoms with Crippen LogP contribution >= 0.6 is 0 Å². The van der Waals surface area contributed by atoms with Crippen molar-refractivity contribution in [3.05, 3.63) is 87.1 Å². The Labute approximate surface area is 163 Å². The molecular formula is C21H16F3NO4. The fourth-order valence-electron chi connectivity index (χ4n) is 2.78. The van der Waals surface area contributed by atoms with E-state index in [0.29, 0.717) is 11.8 Å². The van der Waals surface area contributed by atoms with Crippen molar-refractivity contribution in [1.29, 1.82) is 0 Å². The predicted octanol–water partition coefficient (Wildman–Crippen LogP) is 4.13. The Morgan fingerprint density at radius 2 is 1.79 bits per heavy atom. The molecule has 0 spiro atoms. The van der Waals surface area contributed by atoms with Gasteiger partial charge in [0.05, 0.1) is 18.2 Å². The van der Waals surface area contributed by atoms with Crippen LogP contribution in [0.3, 0.4) is 0 Å². The number of aromatic amines is 1. The average molecular weight is 403 g/mol. The Kier molecular flexibility index (Phi) is 5.72. The lowest BCUT2D eigenvalue weighted by atomic mass is 10.0. The zero-order chi connectivity index (χ0) is 21.1. The highest BCUT2D eigenvalue weighted by Gasteiger charge is 2.19. The van der Waals surface area contributed by atoms with E-state index in [1.165, 1.54) is 31.4 Å². The molecule has 0 amide bonds. The number of hydrogen-bond donors (Lipinski definition) is 1. The number of methoxy groups -OCH3 is 1. The molecule has 5 nitrogen and oxygen atoms in total. The highest BCUT2D eigenvalue weighted by atomic mass is 19.1. The van der Waals surface area contributed by atoms with E-state index >= 15 is 0 Å². The zero-order valence-corrected chi connectivity index (χ0v) is 15.5. The summed E-state index contributed by atoms with van der Waals surface area (Å²) in [7, 11) is 1.18. The summed E-state index contributed by atoms with van der Waals surface area (Å²) in [5.41, 5.74) is -0.470. The van der Waals surface area contributed by atoms with Crippen molar-refractivity contribution in [2.75, 3.05) is 7.11 Å². The highest BCUT2D eigenvalue weighted by Crippen LogP contribution is 2.31. The van der Waals surface area contributed by atoms with E-state index in [1.54, 1.807) is 6.92 Å². The number of aromatic nitrogens is 1. The van der Waals surface area contributed by atoms with Gasteiger partial charge in [-0.2, -0.15) is 0 Å². The molecule has 1 N–H and O–H groups in total. The largest absolute Gasteiger partial charge is 0.488 e. The quantitative estimate of drug-likeness (QED) is 0.651. The van der Waals surface area contributed by atoms with Gasteiger partial charge in [0.15, 0.2) is 0 Å². The standard InChI is InChI=1S/C21H16F3NO4/c1-11-7-18(29-10-13-3-5-14(22)9-17(13)24)19(20(26)25-11)15-8-12(21(27)28-2)4-6-16(15)23/h3-9H,10H2,1-2H3,(H,25,26). The minimum atomic E-state index is -0.813. The molecule has 3 aromatic rings. The fourth-order valence-corrected chi connectivity index (χ4v) is 2.78. The Morgan fingerprint density at radius 1 is 1.03 bits per heavy atom. The van der Waals surface area contributed by atoms with Crippen LogP contribution in [0.1, 0.15) is 21.6 Å². The first-order chi connectivity index (χ1) is 13.8. The first-order valence-electron chi connectivity index (χ1n) is 8.49. The van der Waals surface area contributed by atoms with Crippen molar-refractivity contribution in [2.45, 2.75) is 13.5 Å². The van der Waals surface area contributed by atoms with E-state index in [2.05, 4.69) is 9.72 Å². The molecule has 2 aromatic carbocycles. The van der Waals surface area contributed by atoms with Crippen molar-refractivity contribution in [3.63, 3.8) is 0 Å². The lowest BCUT2D eigenvalue weighted by Crippen LogP contribution is -2.14. The van der Waals surface area contributed by atoms with E-state index in [-0.39, 0.29) is 34.6 Å². The maximum Gasteiger partial charge on any atom is 0.337 e. The Bertz CT molecular complexity index is 1140. The molecule has 0 radical (unpaired) electrons. The molecule has 29 heavy (non-hydrogen) atoms. The molecule has 8 heteroatoms. The van der Waals surface area contributed by atoms with E-state index in [1.807, 2.05) is 0 Å². The van der Waals surface area contributed by atoms with Crippen LogP contribution in [0.15, 0.2) is 47.3 Å². The van der Waals surface area contributed by atoms with Crippen molar-refractivity contribution in [2.24, 2.45) is 0 Å². The number of aryl methyl sites for hydroxylation is 1. The maximum atomic E-state index is 14.5. The number of benzene rings is 2. The molecule has 0 aliphatic carbocycles. The number of H-pyrrole nitrogens is 1. The fraction of sp³-hybridized carbons (Fsp3) is 0.143. The number of carbonyl (C=O) groups excluding carboxylic acids is 1. The minimum Gasteiger partial charge on any atom is -0.488 e. The number of nitrogens with one attached hydrogen (secondary N) is 1. The Hall–Kier alpha value is -3.55. The van der Waals surface area contributed by atoms with Crippen LogP contribution in [0, 0.1) is 24.4 Å². The minimum absolute atomic E-state index is 0.0177. The highest BCUT2D eigenvalue weighted by molar-refractivity contribution is 5.91. The molecule has 150 valence electrons. The molecule has 3 rings (SSSR count). The second-order valence-electron chi connectivity index (χ2n) is 6.23. The smallest absolute Gasteiger partial charge is 0.337 e. The number of pyridine rings is 1. The SMILES string of the molecule is COC(=O)c1ccc(F)c(-c2c(OCc3ccc(F)cc3F)cc(C)[nH]c2=O)c1. The van der Waals surface area contributed by atoms with Crippen LogP contribution in [-0.4, -0.2) is 18.1 Å². The second-order valence-corrected chi connectivity index (χ2v) is 6.23. The summed E-state index contributed by atoms with van der Waals surface area (Å²) < 4.78 is 51.6. The molecule has 0 unspecified atom stereocenters. The molecule has 0 aliphatic heterocycles. The third-order valence-corrected chi connectivity index (χ3v) is 4.19. The van der Waals surface area contributed by atoms with Crippen LogP contribution < -0.4 is 10.3 Å². The third kappa shape index (κ3) is 4.31. The topological polar surface area (TPSA) is 68.4 Å². The van der Waals surface area contributed by atoms with Gasteiger partial charge in [-0.05, 0) is 37.3 Å². The van der Waals surface area contributed by atoms with Crippen molar-refractivity contribution >= 4 is 5.97 Å². The van der Waals surface area contributed by atoms with Crippen LogP contribution in [0.25, 0.3) is 11.1 Å². The molecule has 0 atom stereocenters. The summed E-state index contributed by atoms with van der Waals surface area (Å²) >= 11 is 0. The zero-order valence-electron chi connectivity index (χ0n) is 15.5. The molecule has 0 bridgehead atoms. The van der Waals surface area contributed by atoms with Gasteiger partial charge in [0.25, 0.3) is 5.56 Å². The van der Waals surface area contributed by atoms with Gasteiger partial charge >= 0.3 is 5.97 Å². The van der Waals surface area contributed by atoms with E-state index in [9.17, 15) is 22.8 Å². The van der Waals surface area contributed by atoms with Gasteiger partial charge in [-0.25, -0.2) is 18.0 Å². The van der Waals surface area contributed by atoms with Crippen LogP contribution in [-0.2, 0) is 11.3 Å². The van der Waals surface area contributed by atoms with Gasteiger partial charge in [0.1, 0.15) is 29.8 Å². The lowest BCUT2D eigenvalue weighted by molar-refractivity contribution is 0.0600. The summed E-state index contributed by atoms with van der Waals surface area (Å²) in [6, 6.07) is 7.87. The van der Waals surface area contributed by atoms with E-state index in [4.69, 9.17) is 4.74 Å².